The number of nitrogens with one attached hydrogen (secondary N) is 1. The number of carbonyl (C=O) groups excluding carboxylic acids is 1. The van der Waals surface area contributed by atoms with E-state index < -0.39 is 0 Å². The normalized spacial score (nSPS) is 16.9. The van der Waals surface area contributed by atoms with Crippen LogP contribution in [-0.2, 0) is 11.3 Å². The highest BCUT2D eigenvalue weighted by atomic mass is 16.6. The molecule has 2 aliphatic rings. The lowest BCUT2D eigenvalue weighted by atomic mass is 10.2. The molecule has 1 aromatic rings. The summed E-state index contributed by atoms with van der Waals surface area (Å²) in [5, 5.41) is 3.24. The third kappa shape index (κ3) is 3.22. The van der Waals surface area contributed by atoms with Crippen LogP contribution in [0.25, 0.3) is 0 Å². The Balaban J connectivity index is 1.57. The molecular formula is C15H20N2O3. The first-order chi connectivity index (χ1) is 9.72. The number of benzene rings is 1. The summed E-state index contributed by atoms with van der Waals surface area (Å²) in [5.74, 6) is 1.67. The summed E-state index contributed by atoms with van der Waals surface area (Å²) in [5.41, 5.74) is 1.05. The standard InChI is InChI=1S/C15H20N2O3/c1-17(15(18)9-16-12-3-4-12)10-11-2-5-13-14(8-11)20-7-6-19-13/h2,5,8,12,16H,3-4,6-7,9-10H2,1H3. The number of rotatable bonds is 5. The number of ether oxygens (including phenoxy) is 2. The lowest BCUT2D eigenvalue weighted by Crippen LogP contribution is -2.36. The van der Waals surface area contributed by atoms with Gasteiger partial charge in [0, 0.05) is 19.6 Å². The predicted molar refractivity (Wildman–Crippen MR) is 74.9 cm³/mol. The van der Waals surface area contributed by atoms with Crippen LogP contribution in [-0.4, -0.2) is 43.7 Å². The molecule has 0 unspecified atom stereocenters. The van der Waals surface area contributed by atoms with Crippen LogP contribution in [0.1, 0.15) is 18.4 Å². The van der Waals surface area contributed by atoms with Gasteiger partial charge in [0.25, 0.3) is 0 Å². The Morgan fingerprint density at radius 3 is 2.80 bits per heavy atom. The van der Waals surface area contributed by atoms with Crippen LogP contribution in [0.3, 0.4) is 0 Å². The fourth-order valence-corrected chi connectivity index (χ4v) is 2.20. The molecule has 0 aromatic heterocycles. The van der Waals surface area contributed by atoms with Gasteiger partial charge in [0.1, 0.15) is 13.2 Å². The molecule has 0 spiro atoms. The largest absolute Gasteiger partial charge is 0.486 e. The van der Waals surface area contributed by atoms with Gasteiger partial charge in [-0.2, -0.15) is 0 Å². The van der Waals surface area contributed by atoms with E-state index in [1.165, 1.54) is 12.8 Å². The van der Waals surface area contributed by atoms with E-state index in [4.69, 9.17) is 9.47 Å². The topological polar surface area (TPSA) is 50.8 Å². The van der Waals surface area contributed by atoms with E-state index in [-0.39, 0.29) is 5.91 Å². The van der Waals surface area contributed by atoms with Gasteiger partial charge >= 0.3 is 0 Å². The number of carbonyl (C=O) groups is 1. The average molecular weight is 276 g/mol. The maximum absolute atomic E-state index is 12.0. The molecule has 20 heavy (non-hydrogen) atoms. The Hall–Kier alpha value is -1.75. The molecule has 0 radical (unpaired) electrons. The summed E-state index contributed by atoms with van der Waals surface area (Å²) in [6.45, 7) is 2.18. The number of likely N-dealkylation sites (N-methyl/N-ethyl adjacent to an activating group) is 1. The van der Waals surface area contributed by atoms with Crippen molar-refractivity contribution in [3.63, 3.8) is 0 Å². The number of hydrogen-bond acceptors (Lipinski definition) is 4. The van der Waals surface area contributed by atoms with Crippen molar-refractivity contribution < 1.29 is 14.3 Å². The van der Waals surface area contributed by atoms with Crippen LogP contribution in [0, 0.1) is 0 Å². The number of amides is 1. The Labute approximate surface area is 118 Å². The van der Waals surface area contributed by atoms with Crippen molar-refractivity contribution in [2.45, 2.75) is 25.4 Å². The van der Waals surface area contributed by atoms with Gasteiger partial charge in [0.15, 0.2) is 11.5 Å². The third-order valence-electron chi connectivity index (χ3n) is 3.57. The number of hydrogen-bond donors (Lipinski definition) is 1. The zero-order chi connectivity index (χ0) is 13.9. The smallest absolute Gasteiger partial charge is 0.236 e. The van der Waals surface area contributed by atoms with E-state index in [2.05, 4.69) is 5.32 Å². The van der Waals surface area contributed by atoms with Gasteiger partial charge in [-0.3, -0.25) is 4.79 Å². The van der Waals surface area contributed by atoms with Crippen molar-refractivity contribution in [3.05, 3.63) is 23.8 Å². The highest BCUT2D eigenvalue weighted by Crippen LogP contribution is 2.31. The van der Waals surface area contributed by atoms with E-state index in [0.29, 0.717) is 32.3 Å². The summed E-state index contributed by atoms with van der Waals surface area (Å²) in [4.78, 5) is 13.7. The van der Waals surface area contributed by atoms with Crippen LogP contribution in [0.4, 0.5) is 0 Å². The van der Waals surface area contributed by atoms with Gasteiger partial charge in [-0.25, -0.2) is 0 Å². The SMILES string of the molecule is CN(Cc1ccc2c(c1)OCCO2)C(=O)CNC1CC1. The molecule has 1 saturated carbocycles. The zero-order valence-electron chi connectivity index (χ0n) is 11.7. The Morgan fingerprint density at radius 1 is 1.30 bits per heavy atom. The average Bonchev–Trinajstić information content (AvgIpc) is 3.28. The molecule has 0 saturated heterocycles. The van der Waals surface area contributed by atoms with E-state index >= 15 is 0 Å². The van der Waals surface area contributed by atoms with E-state index in [0.717, 1.165) is 17.1 Å². The second kappa shape index (κ2) is 5.71. The Bertz CT molecular complexity index is 500. The summed E-state index contributed by atoms with van der Waals surface area (Å²) in [6.07, 6.45) is 2.39. The maximum atomic E-state index is 12.0. The molecule has 0 bridgehead atoms. The fraction of sp³-hybridized carbons (Fsp3) is 0.533. The van der Waals surface area contributed by atoms with Crippen molar-refractivity contribution in [1.82, 2.24) is 10.2 Å². The van der Waals surface area contributed by atoms with Gasteiger partial charge in [-0.15, -0.1) is 0 Å². The first kappa shape index (κ1) is 13.2. The van der Waals surface area contributed by atoms with Crippen molar-refractivity contribution in [1.29, 1.82) is 0 Å². The predicted octanol–water partition coefficient (Wildman–Crippen LogP) is 1.17. The minimum Gasteiger partial charge on any atom is -0.486 e. The summed E-state index contributed by atoms with van der Waals surface area (Å²) >= 11 is 0. The second-order valence-electron chi connectivity index (χ2n) is 5.38. The van der Waals surface area contributed by atoms with Crippen molar-refractivity contribution in [2.75, 3.05) is 26.8 Å². The molecule has 1 N–H and O–H groups in total. The maximum Gasteiger partial charge on any atom is 0.236 e. The van der Waals surface area contributed by atoms with Gasteiger partial charge in [-0.1, -0.05) is 6.07 Å². The molecule has 5 heteroatoms. The zero-order valence-corrected chi connectivity index (χ0v) is 11.7. The number of nitrogens with zero attached hydrogens (tertiary/aromatic N) is 1. The lowest BCUT2D eigenvalue weighted by Gasteiger charge is -2.21. The van der Waals surface area contributed by atoms with E-state index in [1.807, 2.05) is 25.2 Å². The highest BCUT2D eigenvalue weighted by molar-refractivity contribution is 5.78. The molecule has 108 valence electrons. The van der Waals surface area contributed by atoms with Crippen LogP contribution in [0.15, 0.2) is 18.2 Å². The monoisotopic (exact) mass is 276 g/mol. The van der Waals surface area contributed by atoms with Gasteiger partial charge < -0.3 is 19.7 Å². The Kier molecular flexibility index (Phi) is 3.78. The quantitative estimate of drug-likeness (QED) is 0.877. The minimum atomic E-state index is 0.117. The highest BCUT2D eigenvalue weighted by Gasteiger charge is 2.22. The molecule has 1 heterocycles. The molecule has 1 aromatic carbocycles. The molecule has 1 amide bonds. The van der Waals surface area contributed by atoms with E-state index in [1.54, 1.807) is 4.90 Å². The van der Waals surface area contributed by atoms with Crippen LogP contribution in [0.2, 0.25) is 0 Å². The van der Waals surface area contributed by atoms with Crippen molar-refractivity contribution in [3.8, 4) is 11.5 Å². The molecular weight excluding hydrogens is 256 g/mol. The summed E-state index contributed by atoms with van der Waals surface area (Å²) in [6, 6.07) is 6.39. The van der Waals surface area contributed by atoms with Crippen LogP contribution < -0.4 is 14.8 Å². The molecule has 5 nitrogen and oxygen atoms in total. The van der Waals surface area contributed by atoms with Gasteiger partial charge in [-0.05, 0) is 30.5 Å². The minimum absolute atomic E-state index is 0.117. The molecule has 3 rings (SSSR count). The van der Waals surface area contributed by atoms with E-state index in [9.17, 15) is 4.79 Å². The van der Waals surface area contributed by atoms with Crippen molar-refractivity contribution in [2.24, 2.45) is 0 Å². The van der Waals surface area contributed by atoms with Crippen LogP contribution in [0.5, 0.6) is 11.5 Å². The number of fused-ring (bicyclic) bond motifs is 1. The van der Waals surface area contributed by atoms with Crippen molar-refractivity contribution >= 4 is 5.91 Å². The first-order valence-electron chi connectivity index (χ1n) is 7.08. The summed E-state index contributed by atoms with van der Waals surface area (Å²) in [7, 11) is 1.83. The Morgan fingerprint density at radius 2 is 2.05 bits per heavy atom. The molecule has 1 aliphatic heterocycles. The first-order valence-corrected chi connectivity index (χ1v) is 7.08. The fourth-order valence-electron chi connectivity index (χ4n) is 2.20. The van der Waals surface area contributed by atoms with Gasteiger partial charge in [0.05, 0.1) is 6.54 Å². The second-order valence-corrected chi connectivity index (χ2v) is 5.38. The molecule has 1 fully saturated rings. The summed E-state index contributed by atoms with van der Waals surface area (Å²) < 4.78 is 11.0. The third-order valence-corrected chi connectivity index (χ3v) is 3.57. The lowest BCUT2D eigenvalue weighted by molar-refractivity contribution is -0.129. The molecule has 0 atom stereocenters. The van der Waals surface area contributed by atoms with Crippen LogP contribution >= 0.6 is 0 Å². The molecule has 1 aliphatic carbocycles. The van der Waals surface area contributed by atoms with Gasteiger partial charge in [0.2, 0.25) is 5.91 Å².